The fourth-order valence-corrected chi connectivity index (χ4v) is 0.0389. The minimum Gasteiger partial charge on any atom is -0.282 e. The number of rotatable bonds is 2. The first-order valence-electron chi connectivity index (χ1n) is 1.13. The lowest BCUT2D eigenvalue weighted by molar-refractivity contribution is -0.120. The smallest absolute Gasteiger partial charge is 0.282 e. The van der Waals surface area contributed by atoms with Crippen LogP contribution in [0.3, 0.4) is 0 Å². The molecule has 4 heteroatoms. The van der Waals surface area contributed by atoms with E-state index in [9.17, 15) is 13.2 Å². The molecule has 0 aromatic carbocycles. The maximum Gasteiger partial charge on any atom is 0.347 e. The standard InChI is InChI=1S/C2H2F3O/c3-1-6-2(4)5/h1-2H. The number of hydrogen-bond donors (Lipinski definition) is 0. The van der Waals surface area contributed by atoms with E-state index in [1.165, 1.54) is 0 Å². The van der Waals surface area contributed by atoms with Gasteiger partial charge in [0.1, 0.15) is 0 Å². The van der Waals surface area contributed by atoms with Gasteiger partial charge in [0, 0.05) is 0 Å². The molecule has 0 fully saturated rings. The fraction of sp³-hybridized carbons (Fsp3) is 0.500. The summed E-state index contributed by atoms with van der Waals surface area (Å²) in [6.07, 6.45) is 0. The summed E-state index contributed by atoms with van der Waals surface area (Å²) in [5, 5.41) is 0. The van der Waals surface area contributed by atoms with Gasteiger partial charge >= 0.3 is 6.61 Å². The average molecular weight is 99.0 g/mol. The summed E-state index contributed by atoms with van der Waals surface area (Å²) in [5.74, 6) is 0. The van der Waals surface area contributed by atoms with Crippen LogP contribution >= 0.6 is 0 Å². The van der Waals surface area contributed by atoms with Crippen LogP contribution in [0, 0.1) is 6.86 Å². The van der Waals surface area contributed by atoms with Gasteiger partial charge in [0.25, 0.3) is 6.86 Å². The quantitative estimate of drug-likeness (QED) is 0.507. The van der Waals surface area contributed by atoms with E-state index in [0.29, 0.717) is 0 Å². The Hall–Kier alpha value is -0.250. The van der Waals surface area contributed by atoms with Crippen LogP contribution in [0.5, 0.6) is 0 Å². The molecule has 0 saturated carbocycles. The third kappa shape index (κ3) is 3.75. The molecule has 1 radical (unpaired) electrons. The Labute approximate surface area is 32.7 Å². The van der Waals surface area contributed by atoms with Crippen LogP contribution in [0.15, 0.2) is 0 Å². The zero-order valence-corrected chi connectivity index (χ0v) is 2.70. The number of hydrogen-bond acceptors (Lipinski definition) is 1. The van der Waals surface area contributed by atoms with Crippen LogP contribution < -0.4 is 0 Å². The van der Waals surface area contributed by atoms with Gasteiger partial charge < -0.3 is 0 Å². The van der Waals surface area contributed by atoms with Crippen LogP contribution in [0.2, 0.25) is 0 Å². The molecule has 0 unspecified atom stereocenters. The Kier molecular flexibility index (Phi) is 2.84. The SMILES string of the molecule is F[CH]OC(F)F. The first-order chi connectivity index (χ1) is 2.77. The molecule has 0 aliphatic heterocycles. The van der Waals surface area contributed by atoms with Gasteiger partial charge in [-0.25, -0.2) is 4.39 Å². The minimum absolute atomic E-state index is 0.551. The van der Waals surface area contributed by atoms with E-state index in [-0.39, 0.29) is 0 Å². The van der Waals surface area contributed by atoms with Gasteiger partial charge in [0.05, 0.1) is 0 Å². The summed E-state index contributed by atoms with van der Waals surface area (Å²) in [5.41, 5.74) is 0. The topological polar surface area (TPSA) is 9.23 Å². The molecular formula is C2H2F3O. The Bertz CT molecular complexity index is 30.0. The van der Waals surface area contributed by atoms with Crippen molar-refractivity contribution in [3.05, 3.63) is 6.86 Å². The fourth-order valence-electron chi connectivity index (χ4n) is 0.0389. The van der Waals surface area contributed by atoms with E-state index in [1.54, 1.807) is 0 Å². The van der Waals surface area contributed by atoms with Crippen LogP contribution in [-0.2, 0) is 4.74 Å². The van der Waals surface area contributed by atoms with Crippen LogP contribution in [-0.4, -0.2) is 6.61 Å². The lowest BCUT2D eigenvalue weighted by Crippen LogP contribution is -1.90. The van der Waals surface area contributed by atoms with E-state index in [4.69, 9.17) is 0 Å². The highest BCUT2D eigenvalue weighted by Gasteiger charge is 1.97. The van der Waals surface area contributed by atoms with Crippen molar-refractivity contribution in [1.82, 2.24) is 0 Å². The summed E-state index contributed by atoms with van der Waals surface area (Å²) in [6, 6.07) is 0. The van der Waals surface area contributed by atoms with Crippen molar-refractivity contribution in [3.63, 3.8) is 0 Å². The molecule has 0 atom stereocenters. The first-order valence-corrected chi connectivity index (χ1v) is 1.13. The van der Waals surface area contributed by atoms with Gasteiger partial charge in [-0.2, -0.15) is 8.78 Å². The molecule has 0 heterocycles. The van der Waals surface area contributed by atoms with Crippen molar-refractivity contribution >= 4 is 0 Å². The summed E-state index contributed by atoms with van der Waals surface area (Å²) in [6.45, 7) is -3.58. The second kappa shape index (κ2) is 2.96. The van der Waals surface area contributed by atoms with Gasteiger partial charge in [-0.15, -0.1) is 0 Å². The van der Waals surface area contributed by atoms with Gasteiger partial charge in [0.15, 0.2) is 0 Å². The summed E-state index contributed by atoms with van der Waals surface area (Å²) in [7, 11) is 0. The van der Waals surface area contributed by atoms with Crippen molar-refractivity contribution in [2.24, 2.45) is 0 Å². The van der Waals surface area contributed by atoms with Crippen molar-refractivity contribution in [2.45, 2.75) is 6.61 Å². The monoisotopic (exact) mass is 99.0 g/mol. The molecule has 0 aliphatic carbocycles. The minimum atomic E-state index is -3.03. The van der Waals surface area contributed by atoms with Gasteiger partial charge in [-0.1, -0.05) is 0 Å². The Morgan fingerprint density at radius 1 is 1.50 bits per heavy atom. The largest absolute Gasteiger partial charge is 0.347 e. The van der Waals surface area contributed by atoms with E-state index in [0.717, 1.165) is 0 Å². The van der Waals surface area contributed by atoms with E-state index in [1.807, 2.05) is 0 Å². The molecule has 37 valence electrons. The maximum atomic E-state index is 10.5. The highest BCUT2D eigenvalue weighted by atomic mass is 19.3. The lowest BCUT2D eigenvalue weighted by atomic mass is 11.4. The molecule has 1 nitrogen and oxygen atoms in total. The van der Waals surface area contributed by atoms with Crippen LogP contribution in [0.25, 0.3) is 0 Å². The van der Waals surface area contributed by atoms with Gasteiger partial charge in [-0.3, -0.25) is 4.74 Å². The highest BCUT2D eigenvalue weighted by molar-refractivity contribution is 4.15. The Morgan fingerprint density at radius 2 is 2.00 bits per heavy atom. The van der Waals surface area contributed by atoms with Crippen molar-refractivity contribution < 1.29 is 17.9 Å². The number of alkyl halides is 2. The summed E-state index contributed by atoms with van der Waals surface area (Å²) >= 11 is 0. The number of halogens is 3. The van der Waals surface area contributed by atoms with Crippen molar-refractivity contribution in [2.75, 3.05) is 0 Å². The molecule has 0 rings (SSSR count). The maximum absolute atomic E-state index is 10.5. The first kappa shape index (κ1) is 5.75. The van der Waals surface area contributed by atoms with E-state index < -0.39 is 13.5 Å². The molecular weight excluding hydrogens is 97.0 g/mol. The second-order valence-electron chi connectivity index (χ2n) is 0.486. The zero-order chi connectivity index (χ0) is 4.99. The van der Waals surface area contributed by atoms with Crippen molar-refractivity contribution in [1.29, 1.82) is 0 Å². The van der Waals surface area contributed by atoms with Crippen LogP contribution in [0.4, 0.5) is 13.2 Å². The summed E-state index contributed by atoms with van der Waals surface area (Å²) < 4.78 is 34.4. The molecule has 0 aromatic heterocycles. The number of ether oxygens (including phenoxy) is 1. The molecule has 6 heavy (non-hydrogen) atoms. The third-order valence-corrected chi connectivity index (χ3v) is 0.154. The molecule has 0 bridgehead atoms. The molecule has 0 spiro atoms. The van der Waals surface area contributed by atoms with Gasteiger partial charge in [-0.05, 0) is 0 Å². The predicted octanol–water partition coefficient (Wildman–Crippen LogP) is 1.31. The van der Waals surface area contributed by atoms with Crippen molar-refractivity contribution in [3.8, 4) is 0 Å². The van der Waals surface area contributed by atoms with E-state index in [2.05, 4.69) is 4.74 Å². The molecule has 0 amide bonds. The predicted molar refractivity (Wildman–Crippen MR) is 12.5 cm³/mol. The molecule has 0 aliphatic rings. The summed E-state index contributed by atoms with van der Waals surface area (Å²) in [4.78, 5) is 0. The average Bonchev–Trinajstić information content (AvgIpc) is 1.35. The van der Waals surface area contributed by atoms with E-state index >= 15 is 0 Å². The second-order valence-corrected chi connectivity index (χ2v) is 0.486. The Morgan fingerprint density at radius 3 is 2.00 bits per heavy atom. The normalized spacial score (nSPS) is 10.0. The zero-order valence-electron chi connectivity index (χ0n) is 2.70. The Balaban J connectivity index is 2.63. The lowest BCUT2D eigenvalue weighted by Gasteiger charge is -1.88. The highest BCUT2D eigenvalue weighted by Crippen LogP contribution is 1.95. The van der Waals surface area contributed by atoms with Crippen LogP contribution in [0.1, 0.15) is 0 Å². The molecule has 0 aromatic rings. The molecule has 0 saturated heterocycles. The van der Waals surface area contributed by atoms with Gasteiger partial charge in [0.2, 0.25) is 0 Å². The third-order valence-electron chi connectivity index (χ3n) is 0.154. The molecule has 0 N–H and O–H groups in total.